The Labute approximate surface area is 378 Å². The van der Waals surface area contributed by atoms with Crippen molar-refractivity contribution in [2.24, 2.45) is 0 Å². The number of hydrogen-bond acceptors (Lipinski definition) is 21. The fourth-order valence-corrected chi connectivity index (χ4v) is 8.93. The van der Waals surface area contributed by atoms with Crippen LogP contribution in [0.3, 0.4) is 0 Å². The lowest BCUT2D eigenvalue weighted by Gasteiger charge is -2.49. The fraction of sp³-hybridized carbons (Fsp3) is 0.600. The minimum Gasteiger partial charge on any atom is -0.497 e. The molecule has 6 heterocycles. The van der Waals surface area contributed by atoms with E-state index in [-0.39, 0.29) is 32.2 Å². The van der Waals surface area contributed by atoms with Crippen molar-refractivity contribution >= 4 is 0 Å². The molecule has 0 aromatic heterocycles. The summed E-state index contributed by atoms with van der Waals surface area (Å²) < 4.78 is 77.1. The molecular weight excluding hydrogens is 876 g/mol. The van der Waals surface area contributed by atoms with Gasteiger partial charge in [0, 0.05) is 5.56 Å². The molecule has 6 aliphatic heterocycles. The predicted molar refractivity (Wildman–Crippen MR) is 218 cm³/mol. The van der Waals surface area contributed by atoms with Crippen molar-refractivity contribution in [2.45, 2.75) is 136 Å². The maximum absolute atomic E-state index is 11.7. The van der Waals surface area contributed by atoms with Crippen LogP contribution in [0.4, 0.5) is 0 Å². The van der Waals surface area contributed by atoms with E-state index in [0.29, 0.717) is 5.75 Å². The van der Waals surface area contributed by atoms with Crippen LogP contribution in [0.2, 0.25) is 0 Å². The van der Waals surface area contributed by atoms with Crippen LogP contribution in [-0.4, -0.2) is 197 Å². The Hall–Kier alpha value is -3.50. The maximum Gasteiger partial charge on any atom is 0.229 e. The zero-order chi connectivity index (χ0) is 46.1. The van der Waals surface area contributed by atoms with Crippen molar-refractivity contribution in [3.8, 4) is 11.5 Å². The molecule has 6 fully saturated rings. The van der Waals surface area contributed by atoms with Gasteiger partial charge < -0.3 is 102 Å². The molecule has 3 aromatic carbocycles. The lowest BCUT2D eigenvalue weighted by Crippen LogP contribution is -2.67. The van der Waals surface area contributed by atoms with Crippen molar-refractivity contribution in [1.82, 2.24) is 0 Å². The maximum atomic E-state index is 11.7. The summed E-state index contributed by atoms with van der Waals surface area (Å²) in [4.78, 5) is 0. The van der Waals surface area contributed by atoms with E-state index < -0.39 is 136 Å². The lowest BCUT2D eigenvalue weighted by molar-refractivity contribution is -0.386. The van der Waals surface area contributed by atoms with Crippen molar-refractivity contribution < 1.29 is 102 Å². The molecule has 9 rings (SSSR count). The SMILES string of the molecule is COc1ccc(O[C@@H]2O[C@H](CO)[C@@H](O[C@@H]3O[C@H](COCc4ccccc4)[C@@H](O[C@@H]4O[C@@H]5CO[C@H]([C@H]4O)[C@@H]5O[C@@H]4O[C@@H]5COC(c6ccccc6)O[C@H]5[C@H](O)[C@H]4O)[C@H](O)[C@H]3O)[C@H](O)[C@H]2O)cc1. The highest BCUT2D eigenvalue weighted by atomic mass is 16.8. The summed E-state index contributed by atoms with van der Waals surface area (Å²) in [6.07, 6.45) is -28.8. The van der Waals surface area contributed by atoms with Crippen molar-refractivity contribution in [3.05, 3.63) is 96.1 Å². The minimum absolute atomic E-state index is 0.0243. The molecule has 0 spiro atoms. The molecule has 21 atom stereocenters. The normalized spacial score (nSPS) is 42.3. The van der Waals surface area contributed by atoms with E-state index in [4.69, 9.17) is 61.6 Å². The summed E-state index contributed by atoms with van der Waals surface area (Å²) in [6.45, 7) is -0.907. The molecule has 8 N–H and O–H groups in total. The van der Waals surface area contributed by atoms with Gasteiger partial charge in [-0.15, -0.1) is 0 Å². The van der Waals surface area contributed by atoms with Gasteiger partial charge in [-0.2, -0.15) is 0 Å². The number of fused-ring (bicyclic) bond motifs is 3. The molecule has 0 amide bonds. The highest BCUT2D eigenvalue weighted by Crippen LogP contribution is 2.40. The third-order valence-corrected chi connectivity index (χ3v) is 12.5. The van der Waals surface area contributed by atoms with Gasteiger partial charge in [-0.05, 0) is 29.8 Å². The Morgan fingerprint density at radius 2 is 1.08 bits per heavy atom. The third-order valence-electron chi connectivity index (χ3n) is 12.5. The lowest BCUT2D eigenvalue weighted by atomic mass is 9.96. The van der Waals surface area contributed by atoms with Crippen LogP contribution in [0, 0.1) is 0 Å². The molecule has 0 aliphatic carbocycles. The molecule has 21 nitrogen and oxygen atoms in total. The second kappa shape index (κ2) is 21.0. The second-order valence-electron chi connectivity index (χ2n) is 16.9. The second-order valence-corrected chi connectivity index (χ2v) is 16.9. The molecule has 0 radical (unpaired) electrons. The van der Waals surface area contributed by atoms with Crippen LogP contribution in [0.1, 0.15) is 17.4 Å². The molecule has 6 saturated heterocycles. The summed E-state index contributed by atoms with van der Waals surface area (Å²) in [7, 11) is 1.50. The average molecular weight is 933 g/mol. The summed E-state index contributed by atoms with van der Waals surface area (Å²) in [5, 5.41) is 89.7. The van der Waals surface area contributed by atoms with Gasteiger partial charge in [0.15, 0.2) is 25.2 Å². The highest BCUT2D eigenvalue weighted by molar-refractivity contribution is 5.31. The summed E-state index contributed by atoms with van der Waals surface area (Å²) in [5.74, 6) is 0.826. The van der Waals surface area contributed by atoms with Gasteiger partial charge in [0.05, 0.1) is 40.1 Å². The molecule has 66 heavy (non-hydrogen) atoms. The summed E-state index contributed by atoms with van der Waals surface area (Å²) in [5.41, 5.74) is 1.54. The monoisotopic (exact) mass is 932 g/mol. The number of aliphatic hydroxyl groups is 8. The number of methoxy groups -OCH3 is 1. The van der Waals surface area contributed by atoms with Crippen molar-refractivity contribution in [1.29, 1.82) is 0 Å². The molecule has 362 valence electrons. The number of rotatable bonds is 15. The van der Waals surface area contributed by atoms with Gasteiger partial charge >= 0.3 is 0 Å². The molecule has 2 bridgehead atoms. The topological polar surface area (TPSA) is 282 Å². The van der Waals surface area contributed by atoms with E-state index >= 15 is 0 Å². The molecule has 0 saturated carbocycles. The third kappa shape index (κ3) is 9.98. The zero-order valence-electron chi connectivity index (χ0n) is 35.6. The first-order chi connectivity index (χ1) is 32.0. The molecular formula is C45H56O21. The number of benzene rings is 3. The zero-order valence-corrected chi connectivity index (χ0v) is 35.6. The van der Waals surface area contributed by atoms with Crippen LogP contribution < -0.4 is 9.47 Å². The van der Waals surface area contributed by atoms with Gasteiger partial charge in [-0.3, -0.25) is 0 Å². The van der Waals surface area contributed by atoms with Gasteiger partial charge in [-0.1, -0.05) is 60.7 Å². The van der Waals surface area contributed by atoms with E-state index in [1.165, 1.54) is 7.11 Å². The average Bonchev–Trinajstić information content (AvgIpc) is 3.66. The van der Waals surface area contributed by atoms with Gasteiger partial charge in [-0.25, -0.2) is 0 Å². The van der Waals surface area contributed by atoms with Crippen LogP contribution in [0.5, 0.6) is 11.5 Å². The van der Waals surface area contributed by atoms with E-state index in [1.807, 2.05) is 60.7 Å². The van der Waals surface area contributed by atoms with Gasteiger partial charge in [0.2, 0.25) is 6.29 Å². The predicted octanol–water partition coefficient (Wildman–Crippen LogP) is -1.62. The summed E-state index contributed by atoms with van der Waals surface area (Å²) >= 11 is 0. The Balaban J connectivity index is 0.852. The molecule has 3 aromatic rings. The van der Waals surface area contributed by atoms with Gasteiger partial charge in [0.1, 0.15) is 109 Å². The first-order valence-corrected chi connectivity index (χ1v) is 21.8. The largest absolute Gasteiger partial charge is 0.497 e. The summed E-state index contributed by atoms with van der Waals surface area (Å²) in [6, 6.07) is 24.7. The quantitative estimate of drug-likeness (QED) is 0.0850. The number of ether oxygens (including phenoxy) is 13. The number of hydrogen-bond donors (Lipinski definition) is 8. The van der Waals surface area contributed by atoms with E-state index in [0.717, 1.165) is 11.1 Å². The van der Waals surface area contributed by atoms with Crippen molar-refractivity contribution in [3.63, 3.8) is 0 Å². The smallest absolute Gasteiger partial charge is 0.229 e. The Kier molecular flexibility index (Phi) is 15.1. The molecule has 6 aliphatic rings. The Morgan fingerprint density at radius 1 is 0.515 bits per heavy atom. The van der Waals surface area contributed by atoms with Crippen LogP contribution in [0.15, 0.2) is 84.9 Å². The first-order valence-electron chi connectivity index (χ1n) is 21.8. The van der Waals surface area contributed by atoms with Crippen molar-refractivity contribution in [2.75, 3.05) is 33.5 Å². The van der Waals surface area contributed by atoms with E-state index in [1.54, 1.807) is 24.3 Å². The Bertz CT molecular complexity index is 1970. The van der Waals surface area contributed by atoms with Crippen LogP contribution in [0.25, 0.3) is 0 Å². The van der Waals surface area contributed by atoms with Crippen LogP contribution >= 0.6 is 0 Å². The standard InChI is InChI=1S/C45H56O21/c1-54-23-12-14-24(15-13-23)58-42-32(50)29(47)36(25(16-46)59-42)64-43-33(51)30(48)37(26(60-43)18-55-17-21-8-4-2-5-9-21)65-45-35(53)40-39(28(62-45)19-56-40)66-44-34(52)31(49)38-27(61-44)20-57-41(63-38)22-10-6-3-7-11-22/h2-15,25-53H,16-20H2,1H3/t25-,26-,27-,28-,29-,30-,31-,32-,33-,34-,35-,36-,37-,38-,39-,40-,41?,42-,43+,44+,45+/m1/s1. The van der Waals surface area contributed by atoms with E-state index in [9.17, 15) is 40.9 Å². The number of aliphatic hydroxyl groups excluding tert-OH is 8. The highest BCUT2D eigenvalue weighted by Gasteiger charge is 2.58. The fourth-order valence-electron chi connectivity index (χ4n) is 8.93. The van der Waals surface area contributed by atoms with E-state index in [2.05, 4.69) is 0 Å². The minimum atomic E-state index is -1.88. The van der Waals surface area contributed by atoms with Crippen LogP contribution in [-0.2, 0) is 58.7 Å². The van der Waals surface area contributed by atoms with Gasteiger partial charge in [0.25, 0.3) is 0 Å². The Morgan fingerprint density at radius 3 is 1.77 bits per heavy atom. The first kappa shape index (κ1) is 47.6. The molecule has 1 unspecified atom stereocenters. The molecule has 21 heteroatoms.